The number of nitrogens with zero attached hydrogens (tertiary/aromatic N) is 3. The van der Waals surface area contributed by atoms with E-state index in [1.54, 1.807) is 22.8 Å². The van der Waals surface area contributed by atoms with Gasteiger partial charge in [0.25, 0.3) is 5.56 Å². The average molecular weight is 464 g/mol. The number of benzene rings is 1. The first-order chi connectivity index (χ1) is 14.8. The van der Waals surface area contributed by atoms with Gasteiger partial charge < -0.3 is 9.64 Å². The number of fused-ring (bicyclic) bond motifs is 1. The Hall–Kier alpha value is -1.57. The van der Waals surface area contributed by atoms with E-state index in [1.807, 2.05) is 11.8 Å². The van der Waals surface area contributed by atoms with Crippen LogP contribution in [-0.2, 0) is 16.1 Å². The highest BCUT2D eigenvalue weighted by Gasteiger charge is 2.30. The Morgan fingerprint density at radius 1 is 1.32 bits per heavy atom. The lowest BCUT2D eigenvalue weighted by molar-refractivity contribution is -0.132. The van der Waals surface area contributed by atoms with Crippen LogP contribution < -0.4 is 5.56 Å². The number of ether oxygens (including phenoxy) is 1. The smallest absolute Gasteiger partial charge is 0.262 e. The molecule has 0 bridgehead atoms. The number of rotatable bonds is 5. The van der Waals surface area contributed by atoms with Crippen molar-refractivity contribution < 1.29 is 9.53 Å². The molecule has 2 aromatic rings. The third-order valence-corrected chi connectivity index (χ3v) is 7.42. The molecule has 0 aliphatic carbocycles. The fourth-order valence-electron chi connectivity index (χ4n) is 4.73. The summed E-state index contributed by atoms with van der Waals surface area (Å²) in [5.74, 6) is 1.11. The summed E-state index contributed by atoms with van der Waals surface area (Å²) < 4.78 is 7.46. The summed E-state index contributed by atoms with van der Waals surface area (Å²) in [6.07, 6.45) is 3.07. The quantitative estimate of drug-likeness (QED) is 0.490. The lowest BCUT2D eigenvalue weighted by atomic mass is 9.92. The van der Waals surface area contributed by atoms with Gasteiger partial charge in [0.2, 0.25) is 5.91 Å². The molecule has 1 aromatic carbocycles. The molecule has 8 heteroatoms. The third-order valence-electron chi connectivity index (χ3n) is 6.10. The third kappa shape index (κ3) is 5.10. The van der Waals surface area contributed by atoms with Crippen molar-refractivity contribution in [1.82, 2.24) is 14.5 Å². The molecule has 31 heavy (non-hydrogen) atoms. The molecule has 4 atom stereocenters. The van der Waals surface area contributed by atoms with Crippen molar-refractivity contribution in [2.24, 2.45) is 11.8 Å². The van der Waals surface area contributed by atoms with Gasteiger partial charge >= 0.3 is 0 Å². The van der Waals surface area contributed by atoms with Crippen molar-refractivity contribution in [2.75, 3.05) is 19.7 Å². The maximum Gasteiger partial charge on any atom is 0.262 e. The van der Waals surface area contributed by atoms with Crippen LogP contribution in [0, 0.1) is 11.8 Å². The Morgan fingerprint density at radius 2 is 2.06 bits per heavy atom. The van der Waals surface area contributed by atoms with Crippen LogP contribution in [0.15, 0.2) is 28.2 Å². The highest BCUT2D eigenvalue weighted by atomic mass is 35.5. The van der Waals surface area contributed by atoms with Crippen LogP contribution in [0.4, 0.5) is 0 Å². The van der Waals surface area contributed by atoms with Gasteiger partial charge in [0.15, 0.2) is 5.16 Å². The standard InChI is InChI=1S/C23H30ClN3O3S/c1-14-9-15(2)12-26(11-14)21(28)16(3)31-23-25-20-10-17(24)6-7-19(20)22(29)27(23)13-18-5-4-8-30-18/h6-7,10,14-16,18H,4-5,8-9,11-13H2,1-3H3. The van der Waals surface area contributed by atoms with Gasteiger partial charge in [-0.15, -0.1) is 0 Å². The van der Waals surface area contributed by atoms with Gasteiger partial charge in [-0.3, -0.25) is 14.2 Å². The van der Waals surface area contributed by atoms with Crippen molar-refractivity contribution in [3.8, 4) is 0 Å². The van der Waals surface area contributed by atoms with E-state index >= 15 is 0 Å². The summed E-state index contributed by atoms with van der Waals surface area (Å²) in [4.78, 5) is 33.2. The monoisotopic (exact) mass is 463 g/mol. The van der Waals surface area contributed by atoms with Crippen LogP contribution in [0.1, 0.15) is 40.0 Å². The number of hydrogen-bond acceptors (Lipinski definition) is 5. The average Bonchev–Trinajstić information content (AvgIpc) is 3.22. The number of piperidine rings is 1. The second kappa shape index (κ2) is 9.51. The maximum atomic E-state index is 13.3. The molecular formula is C23H30ClN3O3S. The molecule has 2 saturated heterocycles. The zero-order valence-electron chi connectivity index (χ0n) is 18.3. The van der Waals surface area contributed by atoms with Gasteiger partial charge in [-0.2, -0.15) is 0 Å². The van der Waals surface area contributed by atoms with Gasteiger partial charge in [-0.05, 0) is 56.2 Å². The van der Waals surface area contributed by atoms with Gasteiger partial charge in [-0.1, -0.05) is 37.2 Å². The molecule has 0 N–H and O–H groups in total. The number of hydrogen-bond donors (Lipinski definition) is 0. The molecule has 1 amide bonds. The summed E-state index contributed by atoms with van der Waals surface area (Å²) in [7, 11) is 0. The number of amides is 1. The van der Waals surface area contributed by atoms with E-state index in [0.29, 0.717) is 39.5 Å². The summed E-state index contributed by atoms with van der Waals surface area (Å²) >= 11 is 7.50. The first-order valence-electron chi connectivity index (χ1n) is 11.1. The summed E-state index contributed by atoms with van der Waals surface area (Å²) in [5, 5.41) is 1.28. The molecule has 4 rings (SSSR count). The number of aromatic nitrogens is 2. The van der Waals surface area contributed by atoms with Crippen molar-refractivity contribution in [1.29, 1.82) is 0 Å². The summed E-state index contributed by atoms with van der Waals surface area (Å²) in [6, 6.07) is 5.14. The van der Waals surface area contributed by atoms with Gasteiger partial charge in [0, 0.05) is 24.7 Å². The Bertz CT molecular complexity index is 1010. The summed E-state index contributed by atoms with van der Waals surface area (Å²) in [5.41, 5.74) is 0.447. The number of halogens is 1. The second-order valence-corrected chi connectivity index (χ2v) is 10.8. The zero-order chi connectivity index (χ0) is 22.1. The lowest BCUT2D eigenvalue weighted by Crippen LogP contribution is -2.45. The normalized spacial score (nSPS) is 25.2. The minimum atomic E-state index is -0.336. The number of thioether (sulfide) groups is 1. The Morgan fingerprint density at radius 3 is 2.74 bits per heavy atom. The highest BCUT2D eigenvalue weighted by Crippen LogP contribution is 2.28. The van der Waals surface area contributed by atoms with Gasteiger partial charge in [0.05, 0.1) is 28.8 Å². The highest BCUT2D eigenvalue weighted by molar-refractivity contribution is 8.00. The zero-order valence-corrected chi connectivity index (χ0v) is 19.9. The van der Waals surface area contributed by atoms with Crippen LogP contribution in [0.5, 0.6) is 0 Å². The van der Waals surface area contributed by atoms with Gasteiger partial charge in [0.1, 0.15) is 0 Å². The van der Waals surface area contributed by atoms with E-state index in [1.165, 1.54) is 11.8 Å². The van der Waals surface area contributed by atoms with Gasteiger partial charge in [-0.25, -0.2) is 4.98 Å². The van der Waals surface area contributed by atoms with Crippen molar-refractivity contribution in [3.63, 3.8) is 0 Å². The van der Waals surface area contributed by atoms with E-state index in [9.17, 15) is 9.59 Å². The van der Waals surface area contributed by atoms with Crippen molar-refractivity contribution in [2.45, 2.75) is 63.1 Å². The molecule has 2 fully saturated rings. The molecule has 0 saturated carbocycles. The maximum absolute atomic E-state index is 13.3. The molecule has 4 unspecified atom stereocenters. The number of carbonyl (C=O) groups excluding carboxylic acids is 1. The fraction of sp³-hybridized carbons (Fsp3) is 0.609. The molecular weight excluding hydrogens is 434 g/mol. The first kappa shape index (κ1) is 22.6. The summed E-state index contributed by atoms with van der Waals surface area (Å²) in [6.45, 7) is 9.05. The van der Waals surface area contributed by atoms with Crippen molar-refractivity contribution in [3.05, 3.63) is 33.6 Å². The van der Waals surface area contributed by atoms with E-state index < -0.39 is 0 Å². The van der Waals surface area contributed by atoms with E-state index in [4.69, 9.17) is 21.3 Å². The SMILES string of the molecule is CC1CC(C)CN(C(=O)C(C)Sc2nc3cc(Cl)ccc3c(=O)n2CC2CCCO2)C1. The van der Waals surface area contributed by atoms with E-state index in [2.05, 4.69) is 13.8 Å². The lowest BCUT2D eigenvalue weighted by Gasteiger charge is -2.36. The largest absolute Gasteiger partial charge is 0.376 e. The number of carbonyl (C=O) groups is 1. The number of likely N-dealkylation sites (tertiary alicyclic amines) is 1. The van der Waals surface area contributed by atoms with Crippen LogP contribution in [0.3, 0.4) is 0 Å². The Balaban J connectivity index is 1.64. The van der Waals surface area contributed by atoms with E-state index in [-0.39, 0.29) is 22.8 Å². The van der Waals surface area contributed by atoms with Crippen LogP contribution in [0.2, 0.25) is 5.02 Å². The predicted octanol–water partition coefficient (Wildman–Crippen LogP) is 4.21. The molecule has 3 heterocycles. The van der Waals surface area contributed by atoms with Crippen LogP contribution >= 0.6 is 23.4 Å². The van der Waals surface area contributed by atoms with E-state index in [0.717, 1.165) is 39.0 Å². The topological polar surface area (TPSA) is 64.4 Å². The molecule has 6 nitrogen and oxygen atoms in total. The minimum absolute atomic E-state index is 0.00148. The molecule has 0 spiro atoms. The van der Waals surface area contributed by atoms with Crippen LogP contribution in [-0.4, -0.2) is 51.4 Å². The minimum Gasteiger partial charge on any atom is -0.376 e. The first-order valence-corrected chi connectivity index (χ1v) is 12.3. The van der Waals surface area contributed by atoms with Crippen LogP contribution in [0.25, 0.3) is 10.9 Å². The molecule has 2 aliphatic heterocycles. The Labute approximate surface area is 192 Å². The molecule has 1 aromatic heterocycles. The fourth-order valence-corrected chi connectivity index (χ4v) is 5.89. The Kier molecular flexibility index (Phi) is 6.94. The molecule has 2 aliphatic rings. The second-order valence-electron chi connectivity index (χ2n) is 9.06. The predicted molar refractivity (Wildman–Crippen MR) is 125 cm³/mol. The molecule has 0 radical (unpaired) electrons. The van der Waals surface area contributed by atoms with Crippen molar-refractivity contribution >= 4 is 40.2 Å². The molecule has 168 valence electrons.